The fourth-order valence-corrected chi connectivity index (χ4v) is 3.53. The number of para-hydroxylation sites is 2. The Morgan fingerprint density at radius 1 is 1.18 bits per heavy atom. The van der Waals surface area contributed by atoms with Gasteiger partial charge in [-0.1, -0.05) is 12.1 Å². The number of carbonyl (C=O) groups excluding carboxylic acids is 1. The number of aryl methyl sites for hydroxylation is 2. The van der Waals surface area contributed by atoms with Crippen molar-refractivity contribution in [3.05, 3.63) is 50.9 Å². The van der Waals surface area contributed by atoms with Gasteiger partial charge in [-0.25, -0.2) is 9.78 Å². The van der Waals surface area contributed by atoms with Crippen molar-refractivity contribution in [1.29, 1.82) is 0 Å². The van der Waals surface area contributed by atoms with Crippen molar-refractivity contribution < 1.29 is 4.79 Å². The first-order chi connectivity index (χ1) is 13.5. The van der Waals surface area contributed by atoms with E-state index in [9.17, 15) is 14.4 Å². The number of imidazole rings is 1. The third-order valence-electron chi connectivity index (χ3n) is 5.02. The lowest BCUT2D eigenvalue weighted by Gasteiger charge is -2.21. The number of H-pyrrole nitrogens is 2. The Morgan fingerprint density at radius 3 is 2.71 bits per heavy atom. The number of rotatable bonds is 5. The molecule has 28 heavy (non-hydrogen) atoms. The minimum absolute atomic E-state index is 0.130. The van der Waals surface area contributed by atoms with E-state index < -0.39 is 11.2 Å². The van der Waals surface area contributed by atoms with Crippen LogP contribution in [-0.2, 0) is 18.3 Å². The van der Waals surface area contributed by atoms with Gasteiger partial charge in [-0.3, -0.25) is 19.1 Å². The molecule has 1 saturated heterocycles. The molecule has 0 radical (unpaired) electrons. The number of aromatic amines is 2. The molecule has 9 nitrogen and oxygen atoms in total. The summed E-state index contributed by atoms with van der Waals surface area (Å²) in [6, 6.07) is 7.80. The zero-order valence-corrected chi connectivity index (χ0v) is 15.6. The van der Waals surface area contributed by atoms with Gasteiger partial charge in [0, 0.05) is 33.0 Å². The lowest BCUT2D eigenvalue weighted by atomic mass is 10.2. The number of anilines is 2. The van der Waals surface area contributed by atoms with Crippen LogP contribution in [0.4, 0.5) is 11.4 Å². The minimum atomic E-state index is -0.521. The van der Waals surface area contributed by atoms with E-state index in [0.717, 1.165) is 37.3 Å². The van der Waals surface area contributed by atoms with Gasteiger partial charge in [0.25, 0.3) is 5.56 Å². The van der Waals surface area contributed by atoms with Crippen LogP contribution in [0.2, 0.25) is 0 Å². The van der Waals surface area contributed by atoms with Crippen molar-refractivity contribution in [2.45, 2.75) is 25.7 Å². The predicted molar refractivity (Wildman–Crippen MR) is 107 cm³/mol. The van der Waals surface area contributed by atoms with Crippen molar-refractivity contribution >= 4 is 28.4 Å². The number of nitrogens with zero attached hydrogens (tertiary/aromatic N) is 3. The van der Waals surface area contributed by atoms with E-state index in [-0.39, 0.29) is 23.5 Å². The highest BCUT2D eigenvalue weighted by molar-refractivity contribution is 5.94. The number of amides is 1. The Labute approximate surface area is 160 Å². The number of benzene rings is 1. The highest BCUT2D eigenvalue weighted by Gasteiger charge is 2.17. The van der Waals surface area contributed by atoms with Crippen LogP contribution in [0, 0.1) is 0 Å². The molecule has 1 fully saturated rings. The second-order valence-electron chi connectivity index (χ2n) is 6.96. The molecule has 0 aliphatic carbocycles. The smallest absolute Gasteiger partial charge is 0.329 e. The molecular weight excluding hydrogens is 360 g/mol. The summed E-state index contributed by atoms with van der Waals surface area (Å²) in [6.07, 6.45) is 2.87. The molecule has 3 N–H and O–H groups in total. The molecule has 3 heterocycles. The Balaban J connectivity index is 1.46. The van der Waals surface area contributed by atoms with E-state index >= 15 is 0 Å². The summed E-state index contributed by atoms with van der Waals surface area (Å²) in [7, 11) is 1.53. The number of hydrogen-bond acceptors (Lipinski definition) is 5. The van der Waals surface area contributed by atoms with Crippen LogP contribution < -0.4 is 21.5 Å². The molecule has 9 heteroatoms. The van der Waals surface area contributed by atoms with E-state index in [1.54, 1.807) is 0 Å². The zero-order valence-electron chi connectivity index (χ0n) is 15.6. The lowest BCUT2D eigenvalue weighted by Crippen LogP contribution is -2.28. The van der Waals surface area contributed by atoms with Crippen molar-refractivity contribution in [3.8, 4) is 0 Å². The normalized spacial score (nSPS) is 14.0. The van der Waals surface area contributed by atoms with Crippen molar-refractivity contribution in [3.63, 3.8) is 0 Å². The van der Waals surface area contributed by atoms with Crippen LogP contribution in [0.5, 0.6) is 0 Å². The van der Waals surface area contributed by atoms with Gasteiger partial charge in [-0.15, -0.1) is 0 Å². The van der Waals surface area contributed by atoms with Gasteiger partial charge in [-0.2, -0.15) is 0 Å². The molecule has 0 bridgehead atoms. The molecule has 0 saturated carbocycles. The molecule has 0 atom stereocenters. The molecule has 1 aromatic carbocycles. The number of fused-ring (bicyclic) bond motifs is 1. The predicted octanol–water partition coefficient (Wildman–Crippen LogP) is 1.12. The second-order valence-corrected chi connectivity index (χ2v) is 6.96. The highest BCUT2D eigenvalue weighted by atomic mass is 16.2. The number of nitrogens with one attached hydrogen (secondary N) is 3. The summed E-state index contributed by atoms with van der Waals surface area (Å²) in [5.41, 5.74) is 1.32. The van der Waals surface area contributed by atoms with Crippen molar-refractivity contribution in [2.75, 3.05) is 23.3 Å². The van der Waals surface area contributed by atoms with Crippen LogP contribution in [0.1, 0.15) is 25.1 Å². The third kappa shape index (κ3) is 3.42. The summed E-state index contributed by atoms with van der Waals surface area (Å²) < 4.78 is 1.27. The van der Waals surface area contributed by atoms with Crippen molar-refractivity contribution in [2.24, 2.45) is 7.05 Å². The summed E-state index contributed by atoms with van der Waals surface area (Å²) >= 11 is 0. The van der Waals surface area contributed by atoms with Gasteiger partial charge in [-0.05, 0) is 25.0 Å². The van der Waals surface area contributed by atoms with Crippen LogP contribution >= 0.6 is 0 Å². The van der Waals surface area contributed by atoms with E-state index in [1.807, 2.05) is 24.3 Å². The molecule has 146 valence electrons. The van der Waals surface area contributed by atoms with Crippen LogP contribution in [0.15, 0.2) is 33.9 Å². The first-order valence-electron chi connectivity index (χ1n) is 9.34. The Morgan fingerprint density at radius 2 is 1.93 bits per heavy atom. The van der Waals surface area contributed by atoms with E-state index in [1.165, 1.54) is 11.6 Å². The molecule has 4 rings (SSSR count). The fourth-order valence-electron chi connectivity index (χ4n) is 3.53. The molecule has 1 aliphatic heterocycles. The maximum atomic E-state index is 12.5. The van der Waals surface area contributed by atoms with Crippen LogP contribution in [0.3, 0.4) is 0 Å². The molecule has 0 unspecified atom stereocenters. The van der Waals surface area contributed by atoms with Crippen LogP contribution in [0.25, 0.3) is 11.2 Å². The van der Waals surface area contributed by atoms with Gasteiger partial charge in [0.2, 0.25) is 5.91 Å². The highest BCUT2D eigenvalue weighted by Crippen LogP contribution is 2.28. The third-order valence-corrected chi connectivity index (χ3v) is 5.02. The second kappa shape index (κ2) is 7.34. The number of hydrogen-bond donors (Lipinski definition) is 3. The summed E-state index contributed by atoms with van der Waals surface area (Å²) in [4.78, 5) is 47.7. The average Bonchev–Trinajstić information content (AvgIpc) is 3.35. The zero-order chi connectivity index (χ0) is 19.7. The molecule has 1 aliphatic rings. The molecule has 2 aromatic heterocycles. The van der Waals surface area contributed by atoms with Gasteiger partial charge in [0.1, 0.15) is 11.3 Å². The first-order valence-corrected chi connectivity index (χ1v) is 9.34. The fraction of sp³-hybridized carbons (Fsp3) is 0.368. The van der Waals surface area contributed by atoms with Gasteiger partial charge >= 0.3 is 5.69 Å². The van der Waals surface area contributed by atoms with Crippen molar-refractivity contribution in [1.82, 2.24) is 19.5 Å². The maximum Gasteiger partial charge on any atom is 0.329 e. The largest absolute Gasteiger partial charge is 0.370 e. The molecule has 3 aromatic rings. The SMILES string of the molecule is Cn1c(=O)[nH]c(=O)c2[nH]c(CCC(=O)Nc3ccccc3N3CCCC3)nc21. The van der Waals surface area contributed by atoms with Gasteiger partial charge in [0.15, 0.2) is 5.65 Å². The van der Waals surface area contributed by atoms with Gasteiger partial charge < -0.3 is 15.2 Å². The van der Waals surface area contributed by atoms with E-state index in [4.69, 9.17) is 0 Å². The topological polar surface area (TPSA) is 116 Å². The monoisotopic (exact) mass is 382 g/mol. The summed E-state index contributed by atoms with van der Waals surface area (Å²) in [6.45, 7) is 2.00. The summed E-state index contributed by atoms with van der Waals surface area (Å²) in [5.74, 6) is 0.361. The maximum absolute atomic E-state index is 12.5. The Bertz CT molecular complexity index is 1140. The van der Waals surface area contributed by atoms with E-state index in [0.29, 0.717) is 12.2 Å². The lowest BCUT2D eigenvalue weighted by molar-refractivity contribution is -0.116. The summed E-state index contributed by atoms with van der Waals surface area (Å²) in [5, 5.41) is 2.98. The standard InChI is InChI=1S/C19H22N6O3/c1-24-17-16(18(27)23-19(24)28)21-14(22-17)8-9-15(26)20-12-6-2-3-7-13(12)25-10-4-5-11-25/h2-3,6-7H,4-5,8-11H2,1H3,(H,20,26)(H,21,22)(H,23,27,28). The van der Waals surface area contributed by atoms with E-state index in [2.05, 4.69) is 25.2 Å². The molecular formula is C19H22N6O3. The molecule has 0 spiro atoms. The molecule has 1 amide bonds. The van der Waals surface area contributed by atoms with Crippen LogP contribution in [-0.4, -0.2) is 38.5 Å². The quantitative estimate of drug-likeness (QED) is 0.612. The average molecular weight is 382 g/mol. The Hall–Kier alpha value is -3.36. The Kier molecular flexibility index (Phi) is 4.72. The number of aromatic nitrogens is 4. The number of carbonyl (C=O) groups is 1. The minimum Gasteiger partial charge on any atom is -0.370 e. The van der Waals surface area contributed by atoms with Gasteiger partial charge in [0.05, 0.1) is 11.4 Å². The first kappa shape index (κ1) is 18.0.